The zero-order valence-electron chi connectivity index (χ0n) is 10.1. The SMILES string of the molecule is CNC(Cc1ccoc1)c1ccc(SC)cc1. The van der Waals surface area contributed by atoms with Gasteiger partial charge in [-0.15, -0.1) is 11.8 Å². The molecule has 0 aliphatic carbocycles. The Bertz CT molecular complexity index is 436. The fraction of sp³-hybridized carbons (Fsp3) is 0.286. The molecule has 1 aromatic heterocycles. The third kappa shape index (κ3) is 3.14. The van der Waals surface area contributed by atoms with Gasteiger partial charge in [-0.3, -0.25) is 0 Å². The van der Waals surface area contributed by atoms with Crippen molar-refractivity contribution in [1.82, 2.24) is 5.32 Å². The second kappa shape index (κ2) is 5.94. The first-order chi connectivity index (χ1) is 8.33. The number of thioether (sulfide) groups is 1. The molecule has 1 N–H and O–H groups in total. The van der Waals surface area contributed by atoms with Crippen LogP contribution in [0.25, 0.3) is 0 Å². The van der Waals surface area contributed by atoms with Crippen LogP contribution in [0, 0.1) is 0 Å². The van der Waals surface area contributed by atoms with Crippen molar-refractivity contribution in [3.8, 4) is 0 Å². The summed E-state index contributed by atoms with van der Waals surface area (Å²) < 4.78 is 5.10. The molecule has 1 heterocycles. The molecule has 0 saturated carbocycles. The van der Waals surface area contributed by atoms with Crippen LogP contribution in [0.1, 0.15) is 17.2 Å². The molecular formula is C14H17NOS. The van der Waals surface area contributed by atoms with Crippen LogP contribution in [-0.2, 0) is 6.42 Å². The lowest BCUT2D eigenvalue weighted by Gasteiger charge is -2.16. The molecule has 2 rings (SSSR count). The molecule has 0 spiro atoms. The highest BCUT2D eigenvalue weighted by molar-refractivity contribution is 7.98. The summed E-state index contributed by atoms with van der Waals surface area (Å²) in [6, 6.07) is 11.1. The van der Waals surface area contributed by atoms with E-state index in [4.69, 9.17) is 4.42 Å². The van der Waals surface area contributed by atoms with Crippen molar-refractivity contribution in [2.24, 2.45) is 0 Å². The lowest BCUT2D eigenvalue weighted by molar-refractivity contribution is 0.551. The summed E-state index contributed by atoms with van der Waals surface area (Å²) >= 11 is 1.77. The van der Waals surface area contributed by atoms with Crippen LogP contribution in [0.3, 0.4) is 0 Å². The summed E-state index contributed by atoms with van der Waals surface area (Å²) in [6.45, 7) is 0. The molecule has 90 valence electrons. The number of hydrogen-bond acceptors (Lipinski definition) is 3. The van der Waals surface area contributed by atoms with E-state index in [1.807, 2.05) is 13.1 Å². The smallest absolute Gasteiger partial charge is 0.0935 e. The second-order valence-corrected chi connectivity index (χ2v) is 4.83. The fourth-order valence-electron chi connectivity index (χ4n) is 1.87. The molecular weight excluding hydrogens is 230 g/mol. The van der Waals surface area contributed by atoms with Crippen molar-refractivity contribution in [3.05, 3.63) is 54.0 Å². The van der Waals surface area contributed by atoms with Crippen LogP contribution in [0.2, 0.25) is 0 Å². The zero-order valence-corrected chi connectivity index (χ0v) is 11.0. The van der Waals surface area contributed by atoms with E-state index in [1.54, 1.807) is 24.3 Å². The summed E-state index contributed by atoms with van der Waals surface area (Å²) in [4.78, 5) is 1.30. The largest absolute Gasteiger partial charge is 0.472 e. The van der Waals surface area contributed by atoms with Gasteiger partial charge in [0.25, 0.3) is 0 Å². The molecule has 0 bridgehead atoms. The van der Waals surface area contributed by atoms with Crippen LogP contribution in [0.5, 0.6) is 0 Å². The van der Waals surface area contributed by atoms with Crippen LogP contribution >= 0.6 is 11.8 Å². The van der Waals surface area contributed by atoms with Gasteiger partial charge in [0.05, 0.1) is 12.5 Å². The Kier molecular flexibility index (Phi) is 4.29. The number of nitrogens with one attached hydrogen (secondary N) is 1. The minimum absolute atomic E-state index is 0.337. The number of benzene rings is 1. The Labute approximate surface area is 106 Å². The van der Waals surface area contributed by atoms with E-state index in [0.717, 1.165) is 6.42 Å². The summed E-state index contributed by atoms with van der Waals surface area (Å²) in [5, 5.41) is 3.35. The minimum atomic E-state index is 0.337. The summed E-state index contributed by atoms with van der Waals surface area (Å²) in [6.07, 6.45) is 6.57. The van der Waals surface area contributed by atoms with Crippen molar-refractivity contribution >= 4 is 11.8 Å². The van der Waals surface area contributed by atoms with Gasteiger partial charge in [0.15, 0.2) is 0 Å². The van der Waals surface area contributed by atoms with Crippen molar-refractivity contribution < 1.29 is 4.42 Å². The Morgan fingerprint density at radius 1 is 1.24 bits per heavy atom. The molecule has 0 aliphatic heterocycles. The van der Waals surface area contributed by atoms with Crippen molar-refractivity contribution in [1.29, 1.82) is 0 Å². The van der Waals surface area contributed by atoms with Gasteiger partial charge in [0, 0.05) is 10.9 Å². The first-order valence-corrected chi connectivity index (χ1v) is 6.88. The molecule has 2 nitrogen and oxygen atoms in total. The van der Waals surface area contributed by atoms with Gasteiger partial charge in [0.2, 0.25) is 0 Å². The summed E-state index contributed by atoms with van der Waals surface area (Å²) in [5.41, 5.74) is 2.53. The number of likely N-dealkylation sites (N-methyl/N-ethyl adjacent to an activating group) is 1. The average molecular weight is 247 g/mol. The molecule has 1 unspecified atom stereocenters. The van der Waals surface area contributed by atoms with Crippen LogP contribution in [0.15, 0.2) is 52.2 Å². The van der Waals surface area contributed by atoms with Gasteiger partial charge in [-0.1, -0.05) is 12.1 Å². The normalized spacial score (nSPS) is 12.6. The maximum Gasteiger partial charge on any atom is 0.0935 e. The van der Waals surface area contributed by atoms with E-state index in [0.29, 0.717) is 6.04 Å². The Balaban J connectivity index is 2.11. The molecule has 1 atom stereocenters. The van der Waals surface area contributed by atoms with Gasteiger partial charge in [-0.05, 0) is 49.1 Å². The third-order valence-corrected chi connectivity index (χ3v) is 3.63. The highest BCUT2D eigenvalue weighted by Crippen LogP contribution is 2.21. The maximum atomic E-state index is 5.10. The predicted molar refractivity (Wildman–Crippen MR) is 72.4 cm³/mol. The Hall–Kier alpha value is -1.19. The molecule has 0 amide bonds. The van der Waals surface area contributed by atoms with Crippen molar-refractivity contribution in [2.45, 2.75) is 17.4 Å². The molecule has 0 aliphatic rings. The molecule has 3 heteroatoms. The predicted octanol–water partition coefficient (Wildman–Crippen LogP) is 3.50. The lowest BCUT2D eigenvalue weighted by Crippen LogP contribution is -2.18. The second-order valence-electron chi connectivity index (χ2n) is 3.95. The van der Waals surface area contributed by atoms with Gasteiger partial charge in [0.1, 0.15) is 0 Å². The number of furan rings is 1. The highest BCUT2D eigenvalue weighted by atomic mass is 32.2. The first kappa shape index (κ1) is 12.3. The monoisotopic (exact) mass is 247 g/mol. The lowest BCUT2D eigenvalue weighted by atomic mass is 10.0. The highest BCUT2D eigenvalue weighted by Gasteiger charge is 2.10. The maximum absolute atomic E-state index is 5.10. The van der Waals surface area contributed by atoms with Gasteiger partial charge in [-0.2, -0.15) is 0 Å². The van der Waals surface area contributed by atoms with Gasteiger partial charge < -0.3 is 9.73 Å². The first-order valence-electron chi connectivity index (χ1n) is 5.65. The average Bonchev–Trinajstić information content (AvgIpc) is 2.89. The van der Waals surface area contributed by atoms with Crippen molar-refractivity contribution in [2.75, 3.05) is 13.3 Å². The van der Waals surface area contributed by atoms with Gasteiger partial charge >= 0.3 is 0 Å². The number of rotatable bonds is 5. The van der Waals surface area contributed by atoms with Crippen molar-refractivity contribution in [3.63, 3.8) is 0 Å². The zero-order chi connectivity index (χ0) is 12.1. The van der Waals surface area contributed by atoms with Crippen LogP contribution in [0.4, 0.5) is 0 Å². The summed E-state index contributed by atoms with van der Waals surface area (Å²) in [7, 11) is 1.99. The topological polar surface area (TPSA) is 25.2 Å². The molecule has 1 aromatic carbocycles. The molecule has 2 aromatic rings. The fourth-order valence-corrected chi connectivity index (χ4v) is 2.28. The quantitative estimate of drug-likeness (QED) is 0.819. The van der Waals surface area contributed by atoms with Crippen LogP contribution < -0.4 is 5.32 Å². The van der Waals surface area contributed by atoms with Crippen LogP contribution in [-0.4, -0.2) is 13.3 Å². The molecule has 17 heavy (non-hydrogen) atoms. The van der Waals surface area contributed by atoms with E-state index in [2.05, 4.69) is 35.8 Å². The number of hydrogen-bond donors (Lipinski definition) is 1. The molecule has 0 saturated heterocycles. The minimum Gasteiger partial charge on any atom is -0.472 e. The summed E-state index contributed by atoms with van der Waals surface area (Å²) in [5.74, 6) is 0. The van der Waals surface area contributed by atoms with Gasteiger partial charge in [-0.25, -0.2) is 0 Å². The Morgan fingerprint density at radius 3 is 2.53 bits per heavy atom. The third-order valence-electron chi connectivity index (χ3n) is 2.89. The van der Waals surface area contributed by atoms with E-state index in [1.165, 1.54) is 16.0 Å². The Morgan fingerprint density at radius 2 is 2.00 bits per heavy atom. The van der Waals surface area contributed by atoms with E-state index < -0.39 is 0 Å². The molecule has 0 fully saturated rings. The standard InChI is InChI=1S/C14H17NOS/c1-15-14(9-11-7-8-16-10-11)12-3-5-13(17-2)6-4-12/h3-8,10,14-15H,9H2,1-2H3. The molecule has 0 radical (unpaired) electrons. The van der Waals surface area contributed by atoms with E-state index in [-0.39, 0.29) is 0 Å². The van der Waals surface area contributed by atoms with E-state index in [9.17, 15) is 0 Å². The van der Waals surface area contributed by atoms with E-state index >= 15 is 0 Å².